The zero-order valence-corrected chi connectivity index (χ0v) is 18.7. The van der Waals surface area contributed by atoms with Crippen LogP contribution in [0.2, 0.25) is 0 Å². The third kappa shape index (κ3) is 6.85. The van der Waals surface area contributed by atoms with Gasteiger partial charge in [0.25, 0.3) is 5.91 Å². The van der Waals surface area contributed by atoms with Crippen LogP contribution in [0.5, 0.6) is 0 Å². The molecular weight excluding hydrogens is 412 g/mol. The molecule has 2 amide bonds. The van der Waals surface area contributed by atoms with Crippen LogP contribution in [0.25, 0.3) is 0 Å². The number of carbonyl (C=O) groups is 3. The lowest BCUT2D eigenvalue weighted by Crippen LogP contribution is -2.40. The van der Waals surface area contributed by atoms with Crippen molar-refractivity contribution in [3.63, 3.8) is 0 Å². The van der Waals surface area contributed by atoms with Gasteiger partial charge >= 0.3 is 5.97 Å². The van der Waals surface area contributed by atoms with Gasteiger partial charge in [0.15, 0.2) is 6.61 Å². The summed E-state index contributed by atoms with van der Waals surface area (Å²) in [6.45, 7) is 5.32. The molecule has 0 aromatic heterocycles. The normalized spacial score (nSPS) is 14.2. The number of rotatable bonds is 7. The van der Waals surface area contributed by atoms with Gasteiger partial charge in [0.1, 0.15) is 0 Å². The van der Waals surface area contributed by atoms with Gasteiger partial charge in [-0.2, -0.15) is 0 Å². The monoisotopic (exact) mass is 440 g/mol. The van der Waals surface area contributed by atoms with Crippen molar-refractivity contribution in [2.24, 2.45) is 5.92 Å². The van der Waals surface area contributed by atoms with E-state index in [1.54, 1.807) is 29.2 Å². The minimum Gasteiger partial charge on any atom is -0.452 e. The van der Waals surface area contributed by atoms with Gasteiger partial charge in [0.05, 0.1) is 11.3 Å². The molecule has 1 fully saturated rings. The predicted octanol–water partition coefficient (Wildman–Crippen LogP) is 4.14. The SMILES string of the molecule is Cc1ccc(NC(=O)CSc2ccccc2C(=O)OCC(=O)N2CCC(C)CC2)cc1. The van der Waals surface area contributed by atoms with E-state index < -0.39 is 5.97 Å². The van der Waals surface area contributed by atoms with Crippen LogP contribution in [0.3, 0.4) is 0 Å². The Hall–Kier alpha value is -2.80. The highest BCUT2D eigenvalue weighted by atomic mass is 32.2. The van der Waals surface area contributed by atoms with Crippen molar-refractivity contribution in [1.82, 2.24) is 4.90 Å². The first-order valence-corrected chi connectivity index (χ1v) is 11.4. The molecule has 0 spiro atoms. The molecule has 2 aromatic rings. The Balaban J connectivity index is 1.51. The minimum atomic E-state index is -0.555. The number of hydrogen-bond acceptors (Lipinski definition) is 5. The van der Waals surface area contributed by atoms with Gasteiger partial charge in [-0.1, -0.05) is 36.8 Å². The highest BCUT2D eigenvalue weighted by molar-refractivity contribution is 8.00. The molecule has 1 heterocycles. The molecule has 1 N–H and O–H groups in total. The smallest absolute Gasteiger partial charge is 0.339 e. The molecule has 2 aromatic carbocycles. The van der Waals surface area contributed by atoms with E-state index in [0.29, 0.717) is 29.5 Å². The maximum atomic E-state index is 12.6. The Labute approximate surface area is 187 Å². The number of esters is 1. The molecule has 0 saturated carbocycles. The van der Waals surface area contributed by atoms with Gasteiger partial charge < -0.3 is 15.0 Å². The van der Waals surface area contributed by atoms with Crippen LogP contribution in [-0.2, 0) is 14.3 Å². The Morgan fingerprint density at radius 3 is 2.45 bits per heavy atom. The molecular formula is C24H28N2O4S. The molecule has 164 valence electrons. The molecule has 6 nitrogen and oxygen atoms in total. The van der Waals surface area contributed by atoms with Gasteiger partial charge in [-0.05, 0) is 49.9 Å². The van der Waals surface area contributed by atoms with Crippen LogP contribution in [0.1, 0.15) is 35.7 Å². The number of nitrogens with zero attached hydrogens (tertiary/aromatic N) is 1. The second kappa shape index (κ2) is 11.0. The van der Waals surface area contributed by atoms with Gasteiger partial charge in [-0.25, -0.2) is 4.79 Å². The Bertz CT molecular complexity index is 921. The summed E-state index contributed by atoms with van der Waals surface area (Å²) in [6.07, 6.45) is 1.95. The average Bonchev–Trinajstić information content (AvgIpc) is 2.78. The largest absolute Gasteiger partial charge is 0.452 e. The molecule has 1 aliphatic rings. The van der Waals surface area contributed by atoms with E-state index in [9.17, 15) is 14.4 Å². The summed E-state index contributed by atoms with van der Waals surface area (Å²) in [7, 11) is 0. The third-order valence-electron chi connectivity index (χ3n) is 5.26. The fraction of sp³-hybridized carbons (Fsp3) is 0.375. The van der Waals surface area contributed by atoms with E-state index >= 15 is 0 Å². The maximum absolute atomic E-state index is 12.6. The summed E-state index contributed by atoms with van der Waals surface area (Å²) in [6, 6.07) is 14.5. The molecule has 0 atom stereocenters. The lowest BCUT2D eigenvalue weighted by Gasteiger charge is -2.30. The van der Waals surface area contributed by atoms with Crippen LogP contribution < -0.4 is 5.32 Å². The molecule has 3 rings (SSSR count). The van der Waals surface area contributed by atoms with Crippen LogP contribution >= 0.6 is 11.8 Å². The summed E-state index contributed by atoms with van der Waals surface area (Å²) in [5.41, 5.74) is 2.21. The topological polar surface area (TPSA) is 75.7 Å². The number of aryl methyl sites for hydroxylation is 1. The lowest BCUT2D eigenvalue weighted by atomic mass is 9.99. The van der Waals surface area contributed by atoms with Crippen molar-refractivity contribution in [2.75, 3.05) is 30.8 Å². The summed E-state index contributed by atoms with van der Waals surface area (Å²) < 4.78 is 5.28. The number of likely N-dealkylation sites (tertiary alicyclic amines) is 1. The fourth-order valence-electron chi connectivity index (χ4n) is 3.29. The van der Waals surface area contributed by atoms with E-state index in [0.717, 1.165) is 24.1 Å². The average molecular weight is 441 g/mol. The number of amides is 2. The van der Waals surface area contributed by atoms with Gasteiger partial charge in [-0.15, -0.1) is 11.8 Å². The van der Waals surface area contributed by atoms with Crippen LogP contribution in [0.15, 0.2) is 53.4 Å². The number of carbonyl (C=O) groups excluding carboxylic acids is 3. The Morgan fingerprint density at radius 1 is 1.06 bits per heavy atom. The number of nitrogens with one attached hydrogen (secondary N) is 1. The van der Waals surface area contributed by atoms with Crippen molar-refractivity contribution in [3.8, 4) is 0 Å². The molecule has 0 unspecified atom stereocenters. The molecule has 1 saturated heterocycles. The number of benzene rings is 2. The zero-order chi connectivity index (χ0) is 22.2. The summed E-state index contributed by atoms with van der Waals surface area (Å²) in [4.78, 5) is 39.6. The standard InChI is InChI=1S/C24H28N2O4S/c1-17-7-9-19(10-8-17)25-22(27)16-31-21-6-4-3-5-20(21)24(29)30-15-23(28)26-13-11-18(2)12-14-26/h3-10,18H,11-16H2,1-2H3,(H,25,27). The highest BCUT2D eigenvalue weighted by Gasteiger charge is 2.22. The minimum absolute atomic E-state index is 0.156. The van der Waals surface area contributed by atoms with E-state index in [4.69, 9.17) is 4.74 Å². The predicted molar refractivity (Wildman–Crippen MR) is 122 cm³/mol. The van der Waals surface area contributed by atoms with Crippen LogP contribution in [0.4, 0.5) is 5.69 Å². The fourth-order valence-corrected chi connectivity index (χ4v) is 4.13. The Kier molecular flexibility index (Phi) is 8.12. The molecule has 7 heteroatoms. The van der Waals surface area contributed by atoms with Crippen molar-refractivity contribution >= 4 is 35.2 Å². The van der Waals surface area contributed by atoms with Crippen molar-refractivity contribution in [1.29, 1.82) is 0 Å². The van der Waals surface area contributed by atoms with Gasteiger partial charge in [0.2, 0.25) is 5.91 Å². The number of hydrogen-bond donors (Lipinski definition) is 1. The Morgan fingerprint density at radius 2 is 1.74 bits per heavy atom. The van der Waals surface area contributed by atoms with Gasteiger partial charge in [-0.3, -0.25) is 9.59 Å². The van der Waals surface area contributed by atoms with Crippen LogP contribution in [-0.4, -0.2) is 48.1 Å². The number of thioether (sulfide) groups is 1. The third-order valence-corrected chi connectivity index (χ3v) is 6.34. The first-order chi connectivity index (χ1) is 14.9. The van der Waals surface area contributed by atoms with Crippen molar-refractivity contribution in [3.05, 3.63) is 59.7 Å². The maximum Gasteiger partial charge on any atom is 0.339 e. The molecule has 31 heavy (non-hydrogen) atoms. The number of ether oxygens (including phenoxy) is 1. The second-order valence-electron chi connectivity index (χ2n) is 7.84. The molecule has 0 bridgehead atoms. The summed E-state index contributed by atoms with van der Waals surface area (Å²) >= 11 is 1.26. The zero-order valence-electron chi connectivity index (χ0n) is 17.9. The van der Waals surface area contributed by atoms with E-state index in [2.05, 4.69) is 12.2 Å². The summed E-state index contributed by atoms with van der Waals surface area (Å²) in [5.74, 6) is -0.0999. The van der Waals surface area contributed by atoms with E-state index in [1.165, 1.54) is 11.8 Å². The first kappa shape index (κ1) is 22.9. The summed E-state index contributed by atoms with van der Waals surface area (Å²) in [5, 5.41) is 2.84. The highest BCUT2D eigenvalue weighted by Crippen LogP contribution is 2.24. The molecule has 0 aliphatic carbocycles. The van der Waals surface area contributed by atoms with Crippen LogP contribution in [0, 0.1) is 12.8 Å². The lowest BCUT2D eigenvalue weighted by molar-refractivity contribution is -0.135. The number of anilines is 1. The molecule has 1 aliphatic heterocycles. The van der Waals surface area contributed by atoms with Crippen molar-refractivity contribution in [2.45, 2.75) is 31.6 Å². The second-order valence-corrected chi connectivity index (χ2v) is 8.86. The van der Waals surface area contributed by atoms with Crippen molar-refractivity contribution < 1.29 is 19.1 Å². The first-order valence-electron chi connectivity index (χ1n) is 10.5. The quantitative estimate of drug-likeness (QED) is 0.517. The van der Waals surface area contributed by atoms with E-state index in [-0.39, 0.29) is 24.2 Å². The number of piperidine rings is 1. The van der Waals surface area contributed by atoms with Gasteiger partial charge in [0, 0.05) is 23.7 Å². The van der Waals surface area contributed by atoms with E-state index in [1.807, 2.05) is 31.2 Å². The molecule has 0 radical (unpaired) electrons.